The summed E-state index contributed by atoms with van der Waals surface area (Å²) < 4.78 is 8.23. The highest BCUT2D eigenvalue weighted by Gasteiger charge is 2.08. The van der Waals surface area contributed by atoms with Gasteiger partial charge in [0.2, 0.25) is 0 Å². The second-order valence-corrected chi connectivity index (χ2v) is 5.13. The maximum absolute atomic E-state index is 5.23. The van der Waals surface area contributed by atoms with Gasteiger partial charge in [-0.15, -0.1) is 10.2 Å². The fourth-order valence-electron chi connectivity index (χ4n) is 1.79. The lowest BCUT2D eigenvalue weighted by Gasteiger charge is -2.13. The number of aromatic nitrogens is 3. The SMILES string of the molecule is COCc1c(Br)cccc1NCc1nnc(C)n1C. The molecule has 1 aromatic heterocycles. The number of aryl methyl sites for hydroxylation is 1. The predicted molar refractivity (Wildman–Crippen MR) is 77.9 cm³/mol. The second kappa shape index (κ2) is 6.16. The molecule has 6 heteroatoms. The minimum Gasteiger partial charge on any atom is -0.380 e. The molecule has 0 atom stereocenters. The van der Waals surface area contributed by atoms with E-state index in [1.54, 1.807) is 7.11 Å². The van der Waals surface area contributed by atoms with Gasteiger partial charge in [-0.1, -0.05) is 22.0 Å². The first-order chi connectivity index (χ1) is 9.13. The highest BCUT2D eigenvalue weighted by atomic mass is 79.9. The van der Waals surface area contributed by atoms with Gasteiger partial charge >= 0.3 is 0 Å². The van der Waals surface area contributed by atoms with Crippen molar-refractivity contribution in [2.45, 2.75) is 20.1 Å². The summed E-state index contributed by atoms with van der Waals surface area (Å²) in [7, 11) is 3.65. The van der Waals surface area contributed by atoms with Crippen LogP contribution in [0.2, 0.25) is 0 Å². The number of anilines is 1. The Labute approximate surface area is 121 Å². The van der Waals surface area contributed by atoms with Gasteiger partial charge in [-0.05, 0) is 19.1 Å². The van der Waals surface area contributed by atoms with Crippen LogP contribution in [0.4, 0.5) is 5.69 Å². The van der Waals surface area contributed by atoms with Crippen molar-refractivity contribution in [2.75, 3.05) is 12.4 Å². The molecular weight excluding hydrogens is 308 g/mol. The van der Waals surface area contributed by atoms with Gasteiger partial charge < -0.3 is 14.6 Å². The predicted octanol–water partition coefficient (Wildman–Crippen LogP) is 2.64. The van der Waals surface area contributed by atoms with E-state index in [0.717, 1.165) is 27.4 Å². The van der Waals surface area contributed by atoms with Crippen molar-refractivity contribution in [3.8, 4) is 0 Å². The van der Waals surface area contributed by atoms with Gasteiger partial charge in [0.1, 0.15) is 5.82 Å². The Kier molecular flexibility index (Phi) is 4.55. The zero-order valence-electron chi connectivity index (χ0n) is 11.3. The maximum atomic E-state index is 5.23. The van der Waals surface area contributed by atoms with E-state index >= 15 is 0 Å². The molecule has 0 aliphatic carbocycles. The number of rotatable bonds is 5. The molecule has 2 aromatic rings. The highest BCUT2D eigenvalue weighted by Crippen LogP contribution is 2.25. The molecule has 0 radical (unpaired) electrons. The number of methoxy groups -OCH3 is 1. The number of hydrogen-bond acceptors (Lipinski definition) is 4. The van der Waals surface area contributed by atoms with Crippen molar-refractivity contribution >= 4 is 21.6 Å². The molecule has 0 bridgehead atoms. The summed E-state index contributed by atoms with van der Waals surface area (Å²) in [6, 6.07) is 6.03. The van der Waals surface area contributed by atoms with E-state index in [2.05, 4.69) is 31.4 Å². The van der Waals surface area contributed by atoms with Crippen LogP contribution in [0.3, 0.4) is 0 Å². The molecule has 1 N–H and O–H groups in total. The van der Waals surface area contributed by atoms with Crippen LogP contribution in [0, 0.1) is 6.92 Å². The minimum atomic E-state index is 0.557. The van der Waals surface area contributed by atoms with Crippen LogP contribution in [0.5, 0.6) is 0 Å². The van der Waals surface area contributed by atoms with Gasteiger partial charge in [-0.25, -0.2) is 0 Å². The molecule has 0 unspecified atom stereocenters. The molecular formula is C13H17BrN4O. The van der Waals surface area contributed by atoms with Gasteiger partial charge in [0, 0.05) is 29.9 Å². The Morgan fingerprint density at radius 3 is 2.79 bits per heavy atom. The van der Waals surface area contributed by atoms with Crippen LogP contribution < -0.4 is 5.32 Å². The van der Waals surface area contributed by atoms with E-state index in [4.69, 9.17) is 4.74 Å². The molecule has 0 fully saturated rings. The number of benzene rings is 1. The average molecular weight is 325 g/mol. The zero-order chi connectivity index (χ0) is 13.8. The maximum Gasteiger partial charge on any atom is 0.152 e. The normalized spacial score (nSPS) is 10.7. The molecule has 0 aliphatic heterocycles. The molecule has 19 heavy (non-hydrogen) atoms. The number of nitrogens with zero attached hydrogens (tertiary/aromatic N) is 3. The fraction of sp³-hybridized carbons (Fsp3) is 0.385. The topological polar surface area (TPSA) is 52.0 Å². The Hall–Kier alpha value is -1.40. The van der Waals surface area contributed by atoms with Crippen molar-refractivity contribution in [3.63, 3.8) is 0 Å². The summed E-state index contributed by atoms with van der Waals surface area (Å²) in [5, 5.41) is 11.6. The lowest BCUT2D eigenvalue weighted by atomic mass is 10.2. The first-order valence-electron chi connectivity index (χ1n) is 5.98. The Morgan fingerprint density at radius 1 is 1.37 bits per heavy atom. The molecule has 0 spiro atoms. The summed E-state index contributed by atoms with van der Waals surface area (Å²) in [6.45, 7) is 3.12. The number of nitrogens with one attached hydrogen (secondary N) is 1. The lowest BCUT2D eigenvalue weighted by Crippen LogP contribution is -2.08. The second-order valence-electron chi connectivity index (χ2n) is 4.27. The molecule has 0 saturated heterocycles. The molecule has 1 heterocycles. The minimum absolute atomic E-state index is 0.557. The third-order valence-electron chi connectivity index (χ3n) is 3.03. The summed E-state index contributed by atoms with van der Waals surface area (Å²) in [6.07, 6.45) is 0. The average Bonchev–Trinajstić information content (AvgIpc) is 2.71. The molecule has 0 saturated carbocycles. The molecule has 102 valence electrons. The zero-order valence-corrected chi connectivity index (χ0v) is 12.9. The summed E-state index contributed by atoms with van der Waals surface area (Å²) in [5.74, 6) is 1.81. The molecule has 5 nitrogen and oxygen atoms in total. The monoisotopic (exact) mass is 324 g/mol. The summed E-state index contributed by atoms with van der Waals surface area (Å²) in [4.78, 5) is 0. The first kappa shape index (κ1) is 14.0. The molecule has 2 rings (SSSR count). The van der Waals surface area contributed by atoms with E-state index in [0.29, 0.717) is 13.2 Å². The standard InChI is InChI=1S/C13H17BrN4O/c1-9-16-17-13(18(9)2)7-15-12-6-4-5-11(14)10(12)8-19-3/h4-6,15H,7-8H2,1-3H3. The largest absolute Gasteiger partial charge is 0.380 e. The summed E-state index contributed by atoms with van der Waals surface area (Å²) >= 11 is 3.54. The van der Waals surface area contributed by atoms with Crippen molar-refractivity contribution < 1.29 is 4.74 Å². The van der Waals surface area contributed by atoms with Crippen molar-refractivity contribution in [1.29, 1.82) is 0 Å². The van der Waals surface area contributed by atoms with Crippen molar-refractivity contribution in [3.05, 3.63) is 39.9 Å². The van der Waals surface area contributed by atoms with E-state index in [1.165, 1.54) is 0 Å². The van der Waals surface area contributed by atoms with E-state index in [1.807, 2.05) is 36.7 Å². The van der Waals surface area contributed by atoms with Gasteiger partial charge in [0.05, 0.1) is 13.2 Å². The van der Waals surface area contributed by atoms with Crippen LogP contribution in [0.25, 0.3) is 0 Å². The first-order valence-corrected chi connectivity index (χ1v) is 6.78. The Balaban J connectivity index is 2.15. The number of ether oxygens (including phenoxy) is 1. The number of hydrogen-bond donors (Lipinski definition) is 1. The molecule has 0 aliphatic rings. The Bertz CT molecular complexity index is 568. The lowest BCUT2D eigenvalue weighted by molar-refractivity contribution is 0.185. The third kappa shape index (κ3) is 3.13. The van der Waals surface area contributed by atoms with Gasteiger partial charge in [-0.2, -0.15) is 0 Å². The smallest absolute Gasteiger partial charge is 0.152 e. The van der Waals surface area contributed by atoms with Gasteiger partial charge in [-0.3, -0.25) is 0 Å². The van der Waals surface area contributed by atoms with E-state index in [-0.39, 0.29) is 0 Å². The highest BCUT2D eigenvalue weighted by molar-refractivity contribution is 9.10. The molecule has 0 amide bonds. The van der Waals surface area contributed by atoms with Gasteiger partial charge in [0.15, 0.2) is 5.82 Å². The van der Waals surface area contributed by atoms with Crippen LogP contribution in [-0.2, 0) is 24.9 Å². The van der Waals surface area contributed by atoms with Gasteiger partial charge in [0.25, 0.3) is 0 Å². The van der Waals surface area contributed by atoms with E-state index < -0.39 is 0 Å². The fourth-order valence-corrected chi connectivity index (χ4v) is 2.28. The van der Waals surface area contributed by atoms with Crippen molar-refractivity contribution in [1.82, 2.24) is 14.8 Å². The quantitative estimate of drug-likeness (QED) is 0.918. The number of halogens is 1. The van der Waals surface area contributed by atoms with Crippen LogP contribution in [0.1, 0.15) is 17.2 Å². The van der Waals surface area contributed by atoms with Crippen LogP contribution >= 0.6 is 15.9 Å². The Morgan fingerprint density at radius 2 is 2.16 bits per heavy atom. The third-order valence-corrected chi connectivity index (χ3v) is 3.77. The molecule has 1 aromatic carbocycles. The van der Waals surface area contributed by atoms with Crippen LogP contribution in [-0.4, -0.2) is 21.9 Å². The van der Waals surface area contributed by atoms with E-state index in [9.17, 15) is 0 Å². The van der Waals surface area contributed by atoms with Crippen molar-refractivity contribution in [2.24, 2.45) is 7.05 Å². The summed E-state index contributed by atoms with van der Waals surface area (Å²) in [5.41, 5.74) is 2.14. The van der Waals surface area contributed by atoms with Crippen LogP contribution in [0.15, 0.2) is 22.7 Å².